The average molecular weight is 495 g/mol. The van der Waals surface area contributed by atoms with Crippen LogP contribution in [0.1, 0.15) is 35.1 Å². The number of hydrogen-bond donors (Lipinski definition) is 2. The highest BCUT2D eigenvalue weighted by Gasteiger charge is 2.45. The smallest absolute Gasteiger partial charge is 0.306 e. The fraction of sp³-hybridized carbons (Fsp3) is 0.161. The summed E-state index contributed by atoms with van der Waals surface area (Å²) in [5, 5.41) is 17.8. The number of carboxylic acids is 2. The van der Waals surface area contributed by atoms with Crippen LogP contribution in [0.2, 0.25) is 0 Å². The zero-order valence-electron chi connectivity index (χ0n) is 20.1. The molecule has 0 saturated carbocycles. The molecule has 0 aliphatic heterocycles. The van der Waals surface area contributed by atoms with E-state index in [4.69, 9.17) is 19.7 Å². The molecule has 2 N–H and O–H groups in total. The Morgan fingerprint density at radius 2 is 0.946 bits per heavy atom. The highest BCUT2D eigenvalue weighted by molar-refractivity contribution is 5.86. The lowest BCUT2D eigenvalue weighted by molar-refractivity contribution is -0.138. The number of benzene rings is 4. The number of carboxylic acid groups (broad SMARTS) is 2. The van der Waals surface area contributed by atoms with E-state index in [1.807, 2.05) is 72.8 Å². The highest BCUT2D eigenvalue weighted by atomic mass is 16.5. The van der Waals surface area contributed by atoms with Gasteiger partial charge < -0.3 is 19.7 Å². The van der Waals surface area contributed by atoms with Gasteiger partial charge in [0, 0.05) is 0 Å². The third-order valence-electron chi connectivity index (χ3n) is 6.70. The fourth-order valence-electron chi connectivity index (χ4n) is 5.14. The van der Waals surface area contributed by atoms with Crippen molar-refractivity contribution < 1.29 is 29.3 Å². The minimum Gasteiger partial charge on any atom is -0.493 e. The van der Waals surface area contributed by atoms with Crippen LogP contribution < -0.4 is 9.47 Å². The number of hydrogen-bond acceptors (Lipinski definition) is 4. The van der Waals surface area contributed by atoms with E-state index in [1.54, 1.807) is 0 Å². The van der Waals surface area contributed by atoms with Gasteiger partial charge in [-0.05, 0) is 57.6 Å². The van der Waals surface area contributed by atoms with E-state index >= 15 is 0 Å². The van der Waals surface area contributed by atoms with Crippen molar-refractivity contribution in [3.8, 4) is 22.6 Å². The van der Waals surface area contributed by atoms with E-state index in [2.05, 4.69) is 24.3 Å². The molecule has 1 aliphatic carbocycles. The third kappa shape index (κ3) is 4.54. The molecule has 5 rings (SSSR count). The minimum atomic E-state index is -0.898. The topological polar surface area (TPSA) is 93.1 Å². The molecule has 0 amide bonds. The Hall–Kier alpha value is -4.58. The molecule has 37 heavy (non-hydrogen) atoms. The lowest BCUT2D eigenvalue weighted by Crippen LogP contribution is -2.28. The van der Waals surface area contributed by atoms with Crippen molar-refractivity contribution in [1.29, 1.82) is 0 Å². The summed E-state index contributed by atoms with van der Waals surface area (Å²) in [5.41, 5.74) is 6.17. The molecular formula is C31H26O6. The van der Waals surface area contributed by atoms with Crippen molar-refractivity contribution in [3.05, 3.63) is 119 Å². The van der Waals surface area contributed by atoms with Crippen LogP contribution in [-0.4, -0.2) is 35.4 Å². The molecule has 0 heterocycles. The minimum absolute atomic E-state index is 0.0622. The number of ether oxygens (including phenoxy) is 2. The van der Waals surface area contributed by atoms with Gasteiger partial charge in [0.1, 0.15) is 11.5 Å². The van der Waals surface area contributed by atoms with Crippen molar-refractivity contribution in [2.24, 2.45) is 0 Å². The molecule has 0 spiro atoms. The zero-order chi connectivity index (χ0) is 25.8. The predicted molar refractivity (Wildman–Crippen MR) is 139 cm³/mol. The Balaban J connectivity index is 1.60. The van der Waals surface area contributed by atoms with Crippen LogP contribution in [0, 0.1) is 0 Å². The molecule has 0 fully saturated rings. The van der Waals surface area contributed by atoms with Gasteiger partial charge in [-0.25, -0.2) is 0 Å². The van der Waals surface area contributed by atoms with E-state index in [0.29, 0.717) is 11.5 Å². The van der Waals surface area contributed by atoms with E-state index < -0.39 is 17.4 Å². The number of carbonyl (C=O) groups is 2. The van der Waals surface area contributed by atoms with Crippen molar-refractivity contribution in [2.45, 2.75) is 18.3 Å². The van der Waals surface area contributed by atoms with Gasteiger partial charge in [-0.1, -0.05) is 72.8 Å². The molecule has 0 atom stereocenters. The van der Waals surface area contributed by atoms with Crippen LogP contribution in [-0.2, 0) is 15.0 Å². The van der Waals surface area contributed by atoms with Crippen LogP contribution in [0.15, 0.2) is 97.1 Å². The van der Waals surface area contributed by atoms with Crippen molar-refractivity contribution in [1.82, 2.24) is 0 Å². The molecule has 0 radical (unpaired) electrons. The number of fused-ring (bicyclic) bond motifs is 3. The molecule has 6 heteroatoms. The van der Waals surface area contributed by atoms with Gasteiger partial charge in [-0.2, -0.15) is 0 Å². The summed E-state index contributed by atoms with van der Waals surface area (Å²) in [7, 11) is 0. The van der Waals surface area contributed by atoms with Crippen molar-refractivity contribution in [3.63, 3.8) is 0 Å². The SMILES string of the molecule is O=C(O)CCOc1ccc(C2(c3ccc(OCCC(=O)O)cc3)c3ccccc3-c3ccccc32)cc1. The zero-order valence-corrected chi connectivity index (χ0v) is 20.1. The monoisotopic (exact) mass is 494 g/mol. The van der Waals surface area contributed by atoms with Crippen LogP contribution >= 0.6 is 0 Å². The van der Waals surface area contributed by atoms with Gasteiger partial charge >= 0.3 is 11.9 Å². The molecule has 0 unspecified atom stereocenters. The van der Waals surface area contributed by atoms with Crippen molar-refractivity contribution >= 4 is 11.9 Å². The summed E-state index contributed by atoms with van der Waals surface area (Å²) < 4.78 is 11.3. The summed E-state index contributed by atoms with van der Waals surface area (Å²) in [6.45, 7) is 0.212. The summed E-state index contributed by atoms with van der Waals surface area (Å²) in [5.74, 6) is -0.570. The standard InChI is InChI=1S/C31H26O6/c32-29(33)17-19-36-23-13-9-21(10-14-23)31(22-11-15-24(16-12-22)37-20-18-30(34)35)27-7-3-1-5-25(27)26-6-2-4-8-28(26)31/h1-16H,17-20H2,(H,32,33)(H,34,35). The Bertz CT molecular complexity index is 1310. The van der Waals surface area contributed by atoms with Crippen LogP contribution in [0.5, 0.6) is 11.5 Å². The Morgan fingerprint density at radius 3 is 1.32 bits per heavy atom. The predicted octanol–water partition coefficient (Wildman–Crippen LogP) is 5.76. The first kappa shape index (κ1) is 24.1. The Kier molecular flexibility index (Phi) is 6.64. The van der Waals surface area contributed by atoms with Gasteiger partial charge in [0.15, 0.2) is 0 Å². The van der Waals surface area contributed by atoms with E-state index in [1.165, 1.54) is 11.1 Å². The number of rotatable bonds is 10. The Labute approximate surface area is 214 Å². The molecule has 0 bridgehead atoms. The molecule has 0 saturated heterocycles. The maximum atomic E-state index is 10.8. The molecule has 4 aromatic rings. The third-order valence-corrected chi connectivity index (χ3v) is 6.70. The largest absolute Gasteiger partial charge is 0.493 e. The lowest BCUT2D eigenvalue weighted by atomic mass is 9.68. The summed E-state index contributed by atoms with van der Waals surface area (Å²) in [6, 6.07) is 32.4. The molecule has 6 nitrogen and oxygen atoms in total. The molecule has 186 valence electrons. The first-order valence-corrected chi connectivity index (χ1v) is 12.1. The van der Waals surface area contributed by atoms with Crippen LogP contribution in [0.4, 0.5) is 0 Å². The van der Waals surface area contributed by atoms with Crippen LogP contribution in [0.3, 0.4) is 0 Å². The van der Waals surface area contributed by atoms with Gasteiger partial charge in [0.25, 0.3) is 0 Å². The van der Waals surface area contributed by atoms with Crippen LogP contribution in [0.25, 0.3) is 11.1 Å². The summed E-state index contributed by atoms with van der Waals surface area (Å²) in [6.07, 6.45) is -0.124. The molecule has 0 aromatic heterocycles. The molecular weight excluding hydrogens is 468 g/mol. The molecule has 1 aliphatic rings. The van der Waals surface area contributed by atoms with Gasteiger partial charge in [-0.3, -0.25) is 9.59 Å². The summed E-state index contributed by atoms with van der Waals surface area (Å²) >= 11 is 0. The fourth-order valence-corrected chi connectivity index (χ4v) is 5.14. The van der Waals surface area contributed by atoms with E-state index in [9.17, 15) is 9.59 Å². The van der Waals surface area contributed by atoms with Gasteiger partial charge in [0.2, 0.25) is 0 Å². The van der Waals surface area contributed by atoms with Gasteiger partial charge in [-0.15, -0.1) is 0 Å². The second-order valence-electron chi connectivity index (χ2n) is 8.87. The average Bonchev–Trinajstić information content (AvgIpc) is 3.20. The van der Waals surface area contributed by atoms with Gasteiger partial charge in [0.05, 0.1) is 31.5 Å². The first-order chi connectivity index (χ1) is 18.0. The Morgan fingerprint density at radius 1 is 0.568 bits per heavy atom. The second-order valence-corrected chi connectivity index (χ2v) is 8.87. The molecule has 4 aromatic carbocycles. The lowest BCUT2D eigenvalue weighted by Gasteiger charge is -2.34. The maximum Gasteiger partial charge on any atom is 0.306 e. The van der Waals surface area contributed by atoms with E-state index in [-0.39, 0.29) is 26.1 Å². The second kappa shape index (κ2) is 10.2. The normalized spacial score (nSPS) is 12.9. The summed E-state index contributed by atoms with van der Waals surface area (Å²) in [4.78, 5) is 21.7. The van der Waals surface area contributed by atoms with E-state index in [0.717, 1.165) is 22.3 Å². The maximum absolute atomic E-state index is 10.8. The highest BCUT2D eigenvalue weighted by Crippen LogP contribution is 2.56. The number of aliphatic carboxylic acids is 2. The van der Waals surface area contributed by atoms with Crippen molar-refractivity contribution in [2.75, 3.05) is 13.2 Å². The quantitative estimate of drug-likeness (QED) is 0.257. The first-order valence-electron chi connectivity index (χ1n) is 12.1.